The molecule has 2 aromatic carbocycles. The van der Waals surface area contributed by atoms with E-state index in [4.69, 9.17) is 9.47 Å². The van der Waals surface area contributed by atoms with Crippen LogP contribution in [0.2, 0.25) is 0 Å². The fraction of sp³-hybridized carbons (Fsp3) is 0.350. The van der Waals surface area contributed by atoms with E-state index in [1.165, 1.54) is 0 Å². The van der Waals surface area contributed by atoms with E-state index in [0.29, 0.717) is 24.3 Å². The van der Waals surface area contributed by atoms with E-state index in [9.17, 15) is 9.90 Å². The second kappa shape index (κ2) is 9.08. The van der Waals surface area contributed by atoms with Gasteiger partial charge in [-0.1, -0.05) is 36.4 Å². The number of aliphatic carboxylic acids is 1. The third kappa shape index (κ3) is 5.50. The van der Waals surface area contributed by atoms with Crippen LogP contribution in [0, 0.1) is 0 Å². The Labute approximate surface area is 148 Å². The van der Waals surface area contributed by atoms with Gasteiger partial charge in [-0.15, -0.1) is 0 Å². The predicted molar refractivity (Wildman–Crippen MR) is 97.4 cm³/mol. The Kier molecular flexibility index (Phi) is 6.83. The molecular formula is C20H25NO4. The van der Waals surface area contributed by atoms with Crippen molar-refractivity contribution >= 4 is 5.97 Å². The number of methoxy groups -OCH3 is 2. The zero-order valence-electron chi connectivity index (χ0n) is 14.9. The molecule has 5 heteroatoms. The first kappa shape index (κ1) is 18.8. The molecule has 0 radical (unpaired) electrons. The van der Waals surface area contributed by atoms with Crippen molar-refractivity contribution in [3.05, 3.63) is 59.7 Å². The van der Waals surface area contributed by atoms with Crippen molar-refractivity contribution in [3.8, 4) is 11.5 Å². The average Bonchev–Trinajstić information content (AvgIpc) is 2.61. The Bertz CT molecular complexity index is 687. The van der Waals surface area contributed by atoms with E-state index in [0.717, 1.165) is 11.1 Å². The molecule has 0 heterocycles. The SMILES string of the molecule is COc1ccc(CC(C)N[C@H](Cc2ccccc2)C(=O)O)cc1OC. The number of nitrogens with one attached hydrogen (secondary N) is 1. The van der Waals surface area contributed by atoms with Crippen molar-refractivity contribution in [2.75, 3.05) is 14.2 Å². The molecule has 0 aliphatic heterocycles. The van der Waals surface area contributed by atoms with Crippen LogP contribution in [0.5, 0.6) is 11.5 Å². The van der Waals surface area contributed by atoms with Crippen LogP contribution in [-0.4, -0.2) is 37.4 Å². The Balaban J connectivity index is 2.01. The first-order valence-corrected chi connectivity index (χ1v) is 8.27. The normalized spacial score (nSPS) is 13.1. The first-order chi connectivity index (χ1) is 12.0. The van der Waals surface area contributed by atoms with E-state index in [-0.39, 0.29) is 6.04 Å². The third-order valence-electron chi connectivity index (χ3n) is 4.06. The summed E-state index contributed by atoms with van der Waals surface area (Å²) < 4.78 is 10.6. The van der Waals surface area contributed by atoms with Gasteiger partial charge in [0.15, 0.2) is 11.5 Å². The van der Waals surface area contributed by atoms with Gasteiger partial charge < -0.3 is 19.9 Å². The monoisotopic (exact) mass is 343 g/mol. The number of hydrogen-bond donors (Lipinski definition) is 2. The van der Waals surface area contributed by atoms with E-state index < -0.39 is 12.0 Å². The van der Waals surface area contributed by atoms with Gasteiger partial charge in [-0.25, -0.2) is 0 Å². The summed E-state index contributed by atoms with van der Waals surface area (Å²) in [7, 11) is 3.20. The Morgan fingerprint density at radius 1 is 1.00 bits per heavy atom. The van der Waals surface area contributed by atoms with Crippen molar-refractivity contribution in [2.24, 2.45) is 0 Å². The number of rotatable bonds is 9. The maximum absolute atomic E-state index is 11.6. The molecule has 0 amide bonds. The molecule has 0 fully saturated rings. The summed E-state index contributed by atoms with van der Waals surface area (Å²) in [5, 5.41) is 12.7. The molecule has 25 heavy (non-hydrogen) atoms. The zero-order chi connectivity index (χ0) is 18.2. The number of ether oxygens (including phenoxy) is 2. The molecule has 0 aromatic heterocycles. The van der Waals surface area contributed by atoms with Crippen LogP contribution in [0.15, 0.2) is 48.5 Å². The van der Waals surface area contributed by atoms with Gasteiger partial charge in [-0.3, -0.25) is 4.79 Å². The Morgan fingerprint density at radius 2 is 1.68 bits per heavy atom. The average molecular weight is 343 g/mol. The molecule has 2 rings (SSSR count). The topological polar surface area (TPSA) is 67.8 Å². The minimum atomic E-state index is -0.844. The summed E-state index contributed by atoms with van der Waals surface area (Å²) in [6.45, 7) is 1.98. The predicted octanol–water partition coefficient (Wildman–Crippen LogP) is 2.92. The minimum absolute atomic E-state index is 0.00270. The molecule has 2 atom stereocenters. The minimum Gasteiger partial charge on any atom is -0.493 e. The smallest absolute Gasteiger partial charge is 0.321 e. The number of hydrogen-bond acceptors (Lipinski definition) is 4. The van der Waals surface area contributed by atoms with Crippen LogP contribution >= 0.6 is 0 Å². The maximum Gasteiger partial charge on any atom is 0.321 e. The van der Waals surface area contributed by atoms with Gasteiger partial charge in [-0.05, 0) is 43.0 Å². The molecule has 2 aromatic rings. The second-order valence-electron chi connectivity index (χ2n) is 6.04. The standard InChI is InChI=1S/C20H25NO4/c1-14(11-16-9-10-18(24-2)19(13-16)25-3)21-17(20(22)23)12-15-7-5-4-6-8-15/h4-10,13-14,17,21H,11-12H2,1-3H3,(H,22,23)/t14?,17-/m1/s1. The highest BCUT2D eigenvalue weighted by Crippen LogP contribution is 2.28. The van der Waals surface area contributed by atoms with Gasteiger partial charge in [0.1, 0.15) is 6.04 Å². The highest BCUT2D eigenvalue weighted by molar-refractivity contribution is 5.74. The number of benzene rings is 2. The van der Waals surface area contributed by atoms with Crippen molar-refractivity contribution < 1.29 is 19.4 Å². The first-order valence-electron chi connectivity index (χ1n) is 8.27. The summed E-state index contributed by atoms with van der Waals surface area (Å²) in [6, 6.07) is 14.8. The molecule has 0 aliphatic rings. The highest BCUT2D eigenvalue weighted by Gasteiger charge is 2.20. The van der Waals surface area contributed by atoms with E-state index in [2.05, 4.69) is 5.32 Å². The fourth-order valence-electron chi connectivity index (χ4n) is 2.83. The molecule has 0 bridgehead atoms. The molecule has 2 N–H and O–H groups in total. The molecule has 0 saturated carbocycles. The van der Waals surface area contributed by atoms with Crippen LogP contribution in [0.4, 0.5) is 0 Å². The molecular weight excluding hydrogens is 318 g/mol. The Morgan fingerprint density at radius 3 is 2.28 bits per heavy atom. The zero-order valence-corrected chi connectivity index (χ0v) is 14.9. The van der Waals surface area contributed by atoms with Crippen LogP contribution in [0.25, 0.3) is 0 Å². The largest absolute Gasteiger partial charge is 0.493 e. The van der Waals surface area contributed by atoms with E-state index in [1.54, 1.807) is 14.2 Å². The fourth-order valence-corrected chi connectivity index (χ4v) is 2.83. The third-order valence-corrected chi connectivity index (χ3v) is 4.06. The van der Waals surface area contributed by atoms with Gasteiger partial charge in [0, 0.05) is 6.04 Å². The summed E-state index contributed by atoms with van der Waals surface area (Å²) in [4.78, 5) is 11.6. The lowest BCUT2D eigenvalue weighted by Gasteiger charge is -2.21. The molecule has 5 nitrogen and oxygen atoms in total. The van der Waals surface area contributed by atoms with Crippen molar-refractivity contribution in [1.82, 2.24) is 5.32 Å². The number of carboxylic acids is 1. The molecule has 1 unspecified atom stereocenters. The van der Waals surface area contributed by atoms with Crippen LogP contribution in [0.1, 0.15) is 18.1 Å². The van der Waals surface area contributed by atoms with Gasteiger partial charge >= 0.3 is 5.97 Å². The van der Waals surface area contributed by atoms with Gasteiger partial charge in [-0.2, -0.15) is 0 Å². The Hall–Kier alpha value is -2.53. The van der Waals surface area contributed by atoms with Gasteiger partial charge in [0.2, 0.25) is 0 Å². The van der Waals surface area contributed by atoms with Crippen molar-refractivity contribution in [1.29, 1.82) is 0 Å². The van der Waals surface area contributed by atoms with Gasteiger partial charge in [0.05, 0.1) is 14.2 Å². The van der Waals surface area contributed by atoms with E-state index in [1.807, 2.05) is 55.5 Å². The summed E-state index contributed by atoms with van der Waals surface area (Å²) in [6.07, 6.45) is 1.14. The quantitative estimate of drug-likeness (QED) is 0.733. The molecule has 0 saturated heterocycles. The highest BCUT2D eigenvalue weighted by atomic mass is 16.5. The lowest BCUT2D eigenvalue weighted by Crippen LogP contribution is -2.44. The van der Waals surface area contributed by atoms with Crippen LogP contribution in [0.3, 0.4) is 0 Å². The number of carbonyl (C=O) groups is 1. The van der Waals surface area contributed by atoms with E-state index >= 15 is 0 Å². The summed E-state index contributed by atoms with van der Waals surface area (Å²) in [5.74, 6) is 0.508. The second-order valence-corrected chi connectivity index (χ2v) is 6.04. The summed E-state index contributed by atoms with van der Waals surface area (Å²) >= 11 is 0. The van der Waals surface area contributed by atoms with Crippen molar-refractivity contribution in [2.45, 2.75) is 31.8 Å². The van der Waals surface area contributed by atoms with Gasteiger partial charge in [0.25, 0.3) is 0 Å². The molecule has 0 spiro atoms. The lowest BCUT2D eigenvalue weighted by atomic mass is 10.0. The summed E-state index contributed by atoms with van der Waals surface area (Å²) in [5.41, 5.74) is 2.06. The number of carboxylic acid groups (broad SMARTS) is 1. The van der Waals surface area contributed by atoms with Crippen molar-refractivity contribution in [3.63, 3.8) is 0 Å². The maximum atomic E-state index is 11.6. The molecule has 0 aliphatic carbocycles. The van der Waals surface area contributed by atoms with Crippen LogP contribution in [-0.2, 0) is 17.6 Å². The lowest BCUT2D eigenvalue weighted by molar-refractivity contribution is -0.139. The van der Waals surface area contributed by atoms with Crippen LogP contribution < -0.4 is 14.8 Å². The molecule has 134 valence electrons.